The van der Waals surface area contributed by atoms with Gasteiger partial charge in [0.1, 0.15) is 6.04 Å². The fraction of sp³-hybridized carbons (Fsp3) is 0.533. The third-order valence-electron chi connectivity index (χ3n) is 5.17. The van der Waals surface area contributed by atoms with Gasteiger partial charge in [-0.3, -0.25) is 24.6 Å². The van der Waals surface area contributed by atoms with Crippen LogP contribution in [0.4, 0.5) is 18.3 Å². The molecule has 2 fully saturated rings. The normalized spacial score (nSPS) is 30.8. The van der Waals surface area contributed by atoms with Crippen molar-refractivity contribution in [1.82, 2.24) is 15.1 Å². The Labute approximate surface area is 149 Å². The zero-order valence-electron chi connectivity index (χ0n) is 13.4. The molecule has 1 aromatic rings. The molecule has 1 aliphatic heterocycles. The molecule has 3 aliphatic rings. The highest BCUT2D eigenvalue weighted by atomic mass is 32.1. The fourth-order valence-electron chi connectivity index (χ4n) is 4.02. The predicted octanol–water partition coefficient (Wildman–Crippen LogP) is 1.69. The number of imide groups is 1. The summed E-state index contributed by atoms with van der Waals surface area (Å²) in [6.07, 6.45) is -0.0145. The Morgan fingerprint density at radius 1 is 1.23 bits per heavy atom. The van der Waals surface area contributed by atoms with E-state index in [1.54, 1.807) is 0 Å². The molecule has 0 aromatic carbocycles. The molecule has 3 amide bonds. The minimum Gasteiger partial charge on any atom is -0.299 e. The molecule has 1 aromatic heterocycles. The van der Waals surface area contributed by atoms with Crippen molar-refractivity contribution in [2.75, 3.05) is 5.32 Å². The van der Waals surface area contributed by atoms with Gasteiger partial charge in [-0.05, 0) is 25.2 Å². The second-order valence-corrected chi connectivity index (χ2v) is 7.60. The average molecular weight is 386 g/mol. The van der Waals surface area contributed by atoms with Crippen LogP contribution in [0, 0.1) is 23.7 Å². The average Bonchev–Trinajstić information content (AvgIpc) is 3.30. The van der Waals surface area contributed by atoms with E-state index in [9.17, 15) is 27.6 Å². The highest BCUT2D eigenvalue weighted by molar-refractivity contribution is 7.15. The number of rotatable bonds is 3. The predicted molar refractivity (Wildman–Crippen MR) is 82.6 cm³/mol. The molecule has 138 valence electrons. The summed E-state index contributed by atoms with van der Waals surface area (Å²) in [7, 11) is 0. The molecule has 0 spiro atoms. The number of hydrogen-bond acceptors (Lipinski definition) is 6. The second-order valence-electron chi connectivity index (χ2n) is 6.62. The van der Waals surface area contributed by atoms with Crippen LogP contribution in [0.3, 0.4) is 0 Å². The molecule has 11 heteroatoms. The van der Waals surface area contributed by atoms with Crippen molar-refractivity contribution in [2.24, 2.45) is 23.7 Å². The molecule has 2 heterocycles. The van der Waals surface area contributed by atoms with Gasteiger partial charge < -0.3 is 0 Å². The lowest BCUT2D eigenvalue weighted by Crippen LogP contribution is -2.46. The Morgan fingerprint density at radius 3 is 2.31 bits per heavy atom. The SMILES string of the molecule is C[C@H](C(=O)Nc1nnc(C(F)(F)F)s1)N1C(=O)[C@@H]2[C@@H](C1=O)[C@H]1C=C[C@H]2C1. The molecule has 2 bridgehead atoms. The molecule has 1 saturated heterocycles. The molecule has 5 atom stereocenters. The molecule has 4 rings (SSSR count). The van der Waals surface area contributed by atoms with Crippen molar-refractivity contribution in [1.29, 1.82) is 0 Å². The summed E-state index contributed by atoms with van der Waals surface area (Å²) in [5, 5.41) is 6.93. The number of allylic oxidation sites excluding steroid dienone is 2. The lowest BCUT2D eigenvalue weighted by Gasteiger charge is -2.23. The van der Waals surface area contributed by atoms with Gasteiger partial charge in [-0.2, -0.15) is 13.2 Å². The number of likely N-dealkylation sites (tertiary alicyclic amines) is 1. The summed E-state index contributed by atoms with van der Waals surface area (Å²) in [6.45, 7) is 1.37. The van der Waals surface area contributed by atoms with E-state index in [0.29, 0.717) is 0 Å². The summed E-state index contributed by atoms with van der Waals surface area (Å²) in [5.41, 5.74) is 0. The highest BCUT2D eigenvalue weighted by Gasteiger charge is 2.60. The quantitative estimate of drug-likeness (QED) is 0.631. The van der Waals surface area contributed by atoms with E-state index in [1.807, 2.05) is 12.2 Å². The summed E-state index contributed by atoms with van der Waals surface area (Å²) >= 11 is 0.180. The van der Waals surface area contributed by atoms with E-state index in [-0.39, 0.29) is 28.3 Å². The van der Waals surface area contributed by atoms with Gasteiger partial charge in [0.25, 0.3) is 0 Å². The molecule has 7 nitrogen and oxygen atoms in total. The summed E-state index contributed by atoms with van der Waals surface area (Å²) in [5.74, 6) is -2.42. The maximum absolute atomic E-state index is 12.6. The van der Waals surface area contributed by atoms with Gasteiger partial charge >= 0.3 is 6.18 Å². The summed E-state index contributed by atoms with van der Waals surface area (Å²) in [4.78, 5) is 38.5. The van der Waals surface area contributed by atoms with Crippen LogP contribution < -0.4 is 5.32 Å². The number of nitrogens with one attached hydrogen (secondary N) is 1. The molecule has 1 N–H and O–H groups in total. The number of aromatic nitrogens is 2. The Bertz CT molecular complexity index is 806. The van der Waals surface area contributed by atoms with Gasteiger partial charge in [0.15, 0.2) is 0 Å². The number of carbonyl (C=O) groups is 3. The Kier molecular flexibility index (Phi) is 3.69. The van der Waals surface area contributed by atoms with Gasteiger partial charge in [-0.1, -0.05) is 23.5 Å². The first-order valence-corrected chi connectivity index (χ1v) is 8.77. The fourth-order valence-corrected chi connectivity index (χ4v) is 4.64. The smallest absolute Gasteiger partial charge is 0.299 e. The molecule has 2 aliphatic carbocycles. The van der Waals surface area contributed by atoms with Crippen molar-refractivity contribution in [3.63, 3.8) is 0 Å². The third kappa shape index (κ3) is 2.44. The maximum atomic E-state index is 12.6. The van der Waals surface area contributed by atoms with Crippen LogP contribution in [0.5, 0.6) is 0 Å². The van der Waals surface area contributed by atoms with E-state index in [4.69, 9.17) is 0 Å². The highest BCUT2D eigenvalue weighted by Crippen LogP contribution is 2.52. The third-order valence-corrected chi connectivity index (χ3v) is 6.05. The molecule has 0 unspecified atom stereocenters. The first-order valence-electron chi connectivity index (χ1n) is 7.95. The van der Waals surface area contributed by atoms with E-state index < -0.39 is 46.8 Å². The molecule has 1 saturated carbocycles. The van der Waals surface area contributed by atoms with Gasteiger partial charge in [0.2, 0.25) is 27.9 Å². The van der Waals surface area contributed by atoms with Crippen LogP contribution in [0.25, 0.3) is 0 Å². The zero-order chi connectivity index (χ0) is 18.8. The number of halogens is 3. The number of alkyl halides is 3. The molecule has 0 radical (unpaired) electrons. The van der Waals surface area contributed by atoms with Gasteiger partial charge in [0.05, 0.1) is 11.8 Å². The number of anilines is 1. The molecular weight excluding hydrogens is 373 g/mol. The van der Waals surface area contributed by atoms with Crippen LogP contribution in [0.15, 0.2) is 12.2 Å². The number of nitrogens with zero attached hydrogens (tertiary/aromatic N) is 3. The van der Waals surface area contributed by atoms with E-state index in [0.717, 1.165) is 11.3 Å². The maximum Gasteiger partial charge on any atom is 0.445 e. The first-order chi connectivity index (χ1) is 12.2. The molecule has 26 heavy (non-hydrogen) atoms. The van der Waals surface area contributed by atoms with Gasteiger partial charge in [-0.15, -0.1) is 10.2 Å². The number of carbonyl (C=O) groups excluding carboxylic acids is 3. The number of fused-ring (bicyclic) bond motifs is 5. The van der Waals surface area contributed by atoms with Crippen LogP contribution in [0.2, 0.25) is 0 Å². The number of amides is 3. The summed E-state index contributed by atoms with van der Waals surface area (Å²) < 4.78 is 37.6. The lowest BCUT2D eigenvalue weighted by molar-refractivity contribution is -0.146. The summed E-state index contributed by atoms with van der Waals surface area (Å²) in [6, 6.07) is -1.14. The molecular formula is C15H13F3N4O3S. The van der Waals surface area contributed by atoms with Gasteiger partial charge in [-0.25, -0.2) is 0 Å². The van der Waals surface area contributed by atoms with Gasteiger partial charge in [0, 0.05) is 0 Å². The standard InChI is InChI=1S/C15H13F3N4O3S/c1-5(10(23)19-14-21-20-13(26-14)15(16,17)18)22-11(24)8-6-2-3-7(4-6)9(8)12(22)25/h2-3,5-9H,4H2,1H3,(H,19,21,23)/t5-,6+,7+,8+,9+/m1/s1. The van der Waals surface area contributed by atoms with E-state index in [2.05, 4.69) is 15.5 Å². The minimum atomic E-state index is -4.66. The van der Waals surface area contributed by atoms with Crippen molar-refractivity contribution in [3.05, 3.63) is 17.2 Å². The minimum absolute atomic E-state index is 0.0132. The monoisotopic (exact) mass is 386 g/mol. The van der Waals surface area contributed by atoms with Crippen molar-refractivity contribution < 1.29 is 27.6 Å². The van der Waals surface area contributed by atoms with E-state index >= 15 is 0 Å². The van der Waals surface area contributed by atoms with Crippen LogP contribution in [-0.2, 0) is 20.6 Å². The zero-order valence-corrected chi connectivity index (χ0v) is 14.2. The first kappa shape index (κ1) is 17.1. The van der Waals surface area contributed by atoms with Crippen molar-refractivity contribution >= 4 is 34.2 Å². The van der Waals surface area contributed by atoms with Crippen molar-refractivity contribution in [3.8, 4) is 0 Å². The van der Waals surface area contributed by atoms with Crippen LogP contribution in [0.1, 0.15) is 18.4 Å². The topological polar surface area (TPSA) is 92.3 Å². The lowest BCUT2D eigenvalue weighted by atomic mass is 9.85. The van der Waals surface area contributed by atoms with E-state index in [1.165, 1.54) is 6.92 Å². The van der Waals surface area contributed by atoms with Crippen LogP contribution in [-0.4, -0.2) is 38.9 Å². The Balaban J connectivity index is 1.48. The van der Waals surface area contributed by atoms with Crippen LogP contribution >= 0.6 is 11.3 Å². The Morgan fingerprint density at radius 2 is 1.81 bits per heavy atom. The second kappa shape index (κ2) is 5.60. The largest absolute Gasteiger partial charge is 0.445 e. The number of hydrogen-bond donors (Lipinski definition) is 1. The van der Waals surface area contributed by atoms with Crippen molar-refractivity contribution in [2.45, 2.75) is 25.6 Å². The Hall–Kier alpha value is -2.30.